The van der Waals surface area contributed by atoms with Gasteiger partial charge in [-0.05, 0) is 18.2 Å². The van der Waals surface area contributed by atoms with Crippen LogP contribution in [0.2, 0.25) is 0 Å². The van der Waals surface area contributed by atoms with Crippen molar-refractivity contribution in [3.63, 3.8) is 0 Å². The SMILES string of the molecule is COc1ccc(COc2cnc3oc(-c4cccnc4)nc3c2)[n+](OC)c1. The van der Waals surface area contributed by atoms with E-state index in [0.29, 0.717) is 35.2 Å². The van der Waals surface area contributed by atoms with Crippen LogP contribution in [0, 0.1) is 0 Å². The highest BCUT2D eigenvalue weighted by atomic mass is 16.6. The van der Waals surface area contributed by atoms with Crippen molar-refractivity contribution in [3.05, 3.63) is 60.8 Å². The lowest BCUT2D eigenvalue weighted by molar-refractivity contribution is -0.891. The van der Waals surface area contributed by atoms with Gasteiger partial charge in [-0.25, -0.2) is 9.97 Å². The van der Waals surface area contributed by atoms with Crippen LogP contribution >= 0.6 is 0 Å². The van der Waals surface area contributed by atoms with Crippen LogP contribution in [0.15, 0.2) is 59.5 Å². The largest absolute Gasteiger partial charge is 0.491 e. The van der Waals surface area contributed by atoms with Gasteiger partial charge in [-0.2, -0.15) is 0 Å². The van der Waals surface area contributed by atoms with Crippen molar-refractivity contribution < 1.29 is 23.5 Å². The lowest BCUT2D eigenvalue weighted by Crippen LogP contribution is -2.44. The smallest absolute Gasteiger partial charge is 0.271 e. The molecular weight excluding hydrogens is 348 g/mol. The molecule has 0 aliphatic carbocycles. The van der Waals surface area contributed by atoms with E-state index in [-0.39, 0.29) is 0 Å². The highest BCUT2D eigenvalue weighted by Gasteiger charge is 2.15. The van der Waals surface area contributed by atoms with Crippen LogP contribution < -0.4 is 19.0 Å². The Bertz CT molecular complexity index is 1070. The summed E-state index contributed by atoms with van der Waals surface area (Å²) >= 11 is 0. The van der Waals surface area contributed by atoms with Crippen LogP contribution in [0.25, 0.3) is 22.7 Å². The van der Waals surface area contributed by atoms with Gasteiger partial charge < -0.3 is 13.9 Å². The minimum atomic E-state index is 0.290. The van der Waals surface area contributed by atoms with Gasteiger partial charge in [0.1, 0.15) is 18.4 Å². The minimum absolute atomic E-state index is 0.290. The molecule has 4 heterocycles. The van der Waals surface area contributed by atoms with E-state index in [9.17, 15) is 0 Å². The number of hydrogen-bond donors (Lipinski definition) is 0. The molecule has 0 saturated carbocycles. The third-order valence-electron chi connectivity index (χ3n) is 3.92. The van der Waals surface area contributed by atoms with Crippen LogP contribution in [0.4, 0.5) is 0 Å². The van der Waals surface area contributed by atoms with Gasteiger partial charge in [0.15, 0.2) is 12.4 Å². The maximum Gasteiger partial charge on any atom is 0.271 e. The molecule has 0 aliphatic rings. The number of fused-ring (bicyclic) bond motifs is 1. The molecule has 0 fully saturated rings. The molecule has 4 rings (SSSR count). The molecule has 8 heteroatoms. The highest BCUT2D eigenvalue weighted by molar-refractivity contribution is 5.73. The second kappa shape index (κ2) is 7.28. The van der Waals surface area contributed by atoms with E-state index in [1.54, 1.807) is 49.8 Å². The lowest BCUT2D eigenvalue weighted by Gasteiger charge is -2.05. The zero-order valence-electron chi connectivity index (χ0n) is 14.8. The predicted octanol–water partition coefficient (Wildman–Crippen LogP) is 2.22. The van der Waals surface area contributed by atoms with E-state index in [0.717, 1.165) is 11.3 Å². The van der Waals surface area contributed by atoms with Gasteiger partial charge in [0, 0.05) is 29.3 Å². The number of ether oxygens (including phenoxy) is 2. The maximum atomic E-state index is 5.83. The molecule has 0 unspecified atom stereocenters. The summed E-state index contributed by atoms with van der Waals surface area (Å²) in [5.74, 6) is 1.73. The molecule has 136 valence electrons. The minimum Gasteiger partial charge on any atom is -0.491 e. The summed E-state index contributed by atoms with van der Waals surface area (Å²) in [6, 6.07) is 9.19. The molecule has 0 bridgehead atoms. The van der Waals surface area contributed by atoms with Crippen LogP contribution in [0.5, 0.6) is 11.5 Å². The highest BCUT2D eigenvalue weighted by Crippen LogP contribution is 2.25. The Labute approximate surface area is 154 Å². The lowest BCUT2D eigenvalue weighted by atomic mass is 10.3. The Morgan fingerprint density at radius 3 is 2.81 bits per heavy atom. The second-order valence-corrected chi connectivity index (χ2v) is 5.61. The monoisotopic (exact) mass is 365 g/mol. The van der Waals surface area contributed by atoms with E-state index in [1.165, 1.54) is 0 Å². The first kappa shape index (κ1) is 16.8. The van der Waals surface area contributed by atoms with E-state index < -0.39 is 0 Å². The Hall–Kier alpha value is -3.68. The van der Waals surface area contributed by atoms with Gasteiger partial charge in [0.2, 0.25) is 11.6 Å². The summed E-state index contributed by atoms with van der Waals surface area (Å²) in [5.41, 5.74) is 2.66. The van der Waals surface area contributed by atoms with Crippen molar-refractivity contribution in [2.75, 3.05) is 14.2 Å². The van der Waals surface area contributed by atoms with Crippen molar-refractivity contribution in [1.29, 1.82) is 0 Å². The Balaban J connectivity index is 1.55. The van der Waals surface area contributed by atoms with Crippen molar-refractivity contribution in [1.82, 2.24) is 15.0 Å². The van der Waals surface area contributed by atoms with E-state index in [4.69, 9.17) is 18.7 Å². The average molecular weight is 365 g/mol. The van der Waals surface area contributed by atoms with E-state index in [2.05, 4.69) is 15.0 Å². The summed E-state index contributed by atoms with van der Waals surface area (Å²) in [7, 11) is 3.18. The van der Waals surface area contributed by atoms with Gasteiger partial charge in [-0.1, -0.05) is 0 Å². The van der Waals surface area contributed by atoms with Crippen LogP contribution in [-0.4, -0.2) is 29.2 Å². The average Bonchev–Trinajstić information content (AvgIpc) is 3.16. The van der Waals surface area contributed by atoms with Gasteiger partial charge in [0.05, 0.1) is 18.9 Å². The first-order valence-corrected chi connectivity index (χ1v) is 8.19. The van der Waals surface area contributed by atoms with Gasteiger partial charge >= 0.3 is 0 Å². The summed E-state index contributed by atoms with van der Waals surface area (Å²) < 4.78 is 18.3. The molecule has 4 aromatic heterocycles. The molecule has 0 amide bonds. The number of oxazole rings is 1. The molecule has 8 nitrogen and oxygen atoms in total. The molecule has 0 saturated heterocycles. The van der Waals surface area contributed by atoms with Gasteiger partial charge in [0.25, 0.3) is 11.9 Å². The first-order valence-electron chi connectivity index (χ1n) is 8.19. The fourth-order valence-corrected chi connectivity index (χ4v) is 2.55. The van der Waals surface area contributed by atoms with Crippen LogP contribution in [-0.2, 0) is 6.61 Å². The van der Waals surface area contributed by atoms with Gasteiger partial charge in [-0.15, -0.1) is 0 Å². The molecular formula is C19H17N4O4+. The van der Waals surface area contributed by atoms with Crippen molar-refractivity contribution in [3.8, 4) is 23.0 Å². The molecule has 0 atom stereocenters. The first-order chi connectivity index (χ1) is 13.3. The molecule has 0 aliphatic heterocycles. The van der Waals surface area contributed by atoms with Crippen molar-refractivity contribution >= 4 is 11.2 Å². The zero-order chi connectivity index (χ0) is 18.6. The summed E-state index contributed by atoms with van der Waals surface area (Å²) in [5, 5.41) is 0. The maximum absolute atomic E-state index is 5.83. The molecule has 0 N–H and O–H groups in total. The second-order valence-electron chi connectivity index (χ2n) is 5.61. The summed E-state index contributed by atoms with van der Waals surface area (Å²) in [6.45, 7) is 0.290. The van der Waals surface area contributed by atoms with E-state index >= 15 is 0 Å². The summed E-state index contributed by atoms with van der Waals surface area (Å²) in [4.78, 5) is 18.1. The number of nitrogens with zero attached hydrogens (tertiary/aromatic N) is 4. The Morgan fingerprint density at radius 2 is 2.04 bits per heavy atom. The van der Waals surface area contributed by atoms with Gasteiger partial charge in [-0.3, -0.25) is 9.82 Å². The standard InChI is InChI=1S/C19H17N4O4/c1-24-15-6-5-14(23(11-15)25-2)12-26-16-8-17-19(21-10-16)27-18(22-17)13-4-3-7-20-9-13/h3-11H,12H2,1-2H3/q+1. The normalized spacial score (nSPS) is 10.7. The Morgan fingerprint density at radius 1 is 1.11 bits per heavy atom. The van der Waals surface area contributed by atoms with Crippen LogP contribution in [0.1, 0.15) is 5.69 Å². The van der Waals surface area contributed by atoms with E-state index in [1.807, 2.05) is 24.3 Å². The number of pyridine rings is 3. The molecule has 4 aromatic rings. The Kier molecular flexibility index (Phi) is 4.52. The third kappa shape index (κ3) is 3.50. The quantitative estimate of drug-likeness (QED) is 0.485. The summed E-state index contributed by atoms with van der Waals surface area (Å²) in [6.07, 6.45) is 6.72. The topological polar surface area (TPSA) is 83.4 Å². The zero-order valence-corrected chi connectivity index (χ0v) is 14.8. The molecule has 0 aromatic carbocycles. The van der Waals surface area contributed by atoms with Crippen LogP contribution in [0.3, 0.4) is 0 Å². The van der Waals surface area contributed by atoms with Crippen molar-refractivity contribution in [2.24, 2.45) is 0 Å². The molecule has 27 heavy (non-hydrogen) atoms. The number of aromatic nitrogens is 4. The fraction of sp³-hybridized carbons (Fsp3) is 0.158. The fourth-order valence-electron chi connectivity index (χ4n) is 2.55. The third-order valence-corrected chi connectivity index (χ3v) is 3.92. The number of rotatable bonds is 6. The predicted molar refractivity (Wildman–Crippen MR) is 95.1 cm³/mol. The number of hydrogen-bond acceptors (Lipinski definition) is 7. The molecule has 0 radical (unpaired) electrons. The van der Waals surface area contributed by atoms with Crippen molar-refractivity contribution in [2.45, 2.75) is 6.61 Å². The number of methoxy groups -OCH3 is 1. The molecule has 0 spiro atoms.